The summed E-state index contributed by atoms with van der Waals surface area (Å²) in [5.74, 6) is -1.24. The smallest absolute Gasteiger partial charge is 0.335 e. The average molecular weight is 236 g/mol. The Morgan fingerprint density at radius 2 is 2.24 bits per heavy atom. The number of carbonyl (C=O) groups excluding carboxylic acids is 1. The van der Waals surface area contributed by atoms with Gasteiger partial charge in [0.15, 0.2) is 0 Å². The Labute approximate surface area is 97.5 Å². The van der Waals surface area contributed by atoms with Crippen molar-refractivity contribution in [2.75, 3.05) is 11.4 Å². The SMILES string of the molecule is O=C1CCN(c2cccc(C(=O)O)c2)C(O)N1. The molecule has 1 amide bonds. The number of carbonyl (C=O) groups is 2. The van der Waals surface area contributed by atoms with Gasteiger partial charge in [-0.3, -0.25) is 4.79 Å². The number of carboxylic acids is 1. The number of nitrogens with one attached hydrogen (secondary N) is 1. The number of hydrogen-bond acceptors (Lipinski definition) is 4. The number of carboxylic acid groups (broad SMARTS) is 1. The van der Waals surface area contributed by atoms with Gasteiger partial charge in [-0.15, -0.1) is 0 Å². The Bertz CT molecular complexity index is 461. The highest BCUT2D eigenvalue weighted by Gasteiger charge is 2.24. The van der Waals surface area contributed by atoms with Crippen LogP contribution in [-0.2, 0) is 4.79 Å². The molecule has 0 saturated carbocycles. The van der Waals surface area contributed by atoms with E-state index in [4.69, 9.17) is 5.11 Å². The second-order valence-corrected chi connectivity index (χ2v) is 3.74. The van der Waals surface area contributed by atoms with Crippen molar-refractivity contribution >= 4 is 17.6 Å². The van der Waals surface area contributed by atoms with Gasteiger partial charge in [-0.2, -0.15) is 0 Å². The molecule has 2 rings (SSSR count). The first-order valence-corrected chi connectivity index (χ1v) is 5.15. The predicted octanol–water partition coefficient (Wildman–Crippen LogP) is -0.0130. The van der Waals surface area contributed by atoms with Gasteiger partial charge in [0.2, 0.25) is 12.3 Å². The Balaban J connectivity index is 2.24. The molecule has 90 valence electrons. The first-order valence-electron chi connectivity index (χ1n) is 5.15. The molecule has 1 aliphatic rings. The Morgan fingerprint density at radius 3 is 2.88 bits per heavy atom. The van der Waals surface area contributed by atoms with Crippen molar-refractivity contribution in [3.63, 3.8) is 0 Å². The maximum atomic E-state index is 11.0. The zero-order valence-electron chi connectivity index (χ0n) is 8.96. The number of nitrogens with zero attached hydrogens (tertiary/aromatic N) is 1. The minimum Gasteiger partial charge on any atom is -0.478 e. The monoisotopic (exact) mass is 236 g/mol. The lowest BCUT2D eigenvalue weighted by Gasteiger charge is -2.34. The average Bonchev–Trinajstić information content (AvgIpc) is 2.29. The Hall–Kier alpha value is -2.08. The molecule has 1 aliphatic heterocycles. The van der Waals surface area contributed by atoms with Gasteiger partial charge in [-0.1, -0.05) is 6.07 Å². The fraction of sp³-hybridized carbons (Fsp3) is 0.273. The maximum Gasteiger partial charge on any atom is 0.335 e. The van der Waals surface area contributed by atoms with Crippen LogP contribution >= 0.6 is 0 Å². The predicted molar refractivity (Wildman–Crippen MR) is 59.5 cm³/mol. The first-order chi connectivity index (χ1) is 8.08. The number of hydrogen-bond donors (Lipinski definition) is 3. The van der Waals surface area contributed by atoms with E-state index in [0.717, 1.165) is 0 Å². The van der Waals surface area contributed by atoms with Crippen molar-refractivity contribution in [3.8, 4) is 0 Å². The van der Waals surface area contributed by atoms with E-state index in [1.165, 1.54) is 17.0 Å². The van der Waals surface area contributed by atoms with Gasteiger partial charge in [0.25, 0.3) is 0 Å². The summed E-state index contributed by atoms with van der Waals surface area (Å²) in [5.41, 5.74) is 0.712. The minimum atomic E-state index is -1.11. The summed E-state index contributed by atoms with van der Waals surface area (Å²) >= 11 is 0. The molecule has 1 fully saturated rings. The third-order valence-corrected chi connectivity index (χ3v) is 2.59. The molecule has 1 heterocycles. The molecule has 0 radical (unpaired) electrons. The molecular weight excluding hydrogens is 224 g/mol. The van der Waals surface area contributed by atoms with E-state index in [1.54, 1.807) is 12.1 Å². The van der Waals surface area contributed by atoms with Crippen molar-refractivity contribution < 1.29 is 19.8 Å². The highest BCUT2D eigenvalue weighted by molar-refractivity contribution is 5.89. The normalized spacial score (nSPS) is 19.9. The van der Waals surface area contributed by atoms with E-state index in [-0.39, 0.29) is 17.9 Å². The lowest BCUT2D eigenvalue weighted by molar-refractivity contribution is -0.125. The summed E-state index contributed by atoms with van der Waals surface area (Å²) in [6.07, 6.45) is -0.839. The number of aliphatic hydroxyl groups excluding tert-OH is 1. The van der Waals surface area contributed by atoms with E-state index in [2.05, 4.69) is 5.32 Å². The van der Waals surface area contributed by atoms with Crippen molar-refractivity contribution in [1.82, 2.24) is 5.32 Å². The van der Waals surface area contributed by atoms with Crippen LogP contribution in [0.1, 0.15) is 16.8 Å². The van der Waals surface area contributed by atoms with E-state index in [0.29, 0.717) is 12.2 Å². The molecule has 1 saturated heterocycles. The zero-order valence-corrected chi connectivity index (χ0v) is 8.96. The summed E-state index contributed by atoms with van der Waals surface area (Å²) in [7, 11) is 0. The molecule has 0 aromatic heterocycles. The molecule has 6 nitrogen and oxygen atoms in total. The fourth-order valence-corrected chi connectivity index (χ4v) is 1.73. The summed E-state index contributed by atoms with van der Waals surface area (Å²) < 4.78 is 0. The number of anilines is 1. The molecule has 1 aromatic rings. The largest absolute Gasteiger partial charge is 0.478 e. The number of benzene rings is 1. The Kier molecular flexibility index (Phi) is 2.97. The van der Waals surface area contributed by atoms with E-state index in [9.17, 15) is 14.7 Å². The van der Waals surface area contributed by atoms with Crippen molar-refractivity contribution in [2.45, 2.75) is 12.8 Å². The first kappa shape index (κ1) is 11.4. The van der Waals surface area contributed by atoms with Gasteiger partial charge >= 0.3 is 5.97 Å². The van der Waals surface area contributed by atoms with Crippen LogP contribution in [0.15, 0.2) is 24.3 Å². The van der Waals surface area contributed by atoms with Crippen molar-refractivity contribution in [2.24, 2.45) is 0 Å². The summed E-state index contributed by atoms with van der Waals surface area (Å²) in [5, 5.41) is 20.9. The molecule has 1 aromatic carbocycles. The Morgan fingerprint density at radius 1 is 1.47 bits per heavy atom. The third kappa shape index (κ3) is 2.36. The highest BCUT2D eigenvalue weighted by Crippen LogP contribution is 2.19. The van der Waals surface area contributed by atoms with Crippen LogP contribution in [0.3, 0.4) is 0 Å². The van der Waals surface area contributed by atoms with Crippen LogP contribution in [0.4, 0.5) is 5.69 Å². The van der Waals surface area contributed by atoms with Crippen LogP contribution in [0.5, 0.6) is 0 Å². The second-order valence-electron chi connectivity index (χ2n) is 3.74. The molecule has 17 heavy (non-hydrogen) atoms. The zero-order chi connectivity index (χ0) is 12.4. The van der Waals surface area contributed by atoms with Gasteiger partial charge in [-0.25, -0.2) is 4.79 Å². The molecular formula is C11H12N2O4. The van der Waals surface area contributed by atoms with Crippen LogP contribution < -0.4 is 10.2 Å². The lowest BCUT2D eigenvalue weighted by Crippen LogP contribution is -2.54. The molecule has 0 aliphatic carbocycles. The van der Waals surface area contributed by atoms with Crippen LogP contribution in [0.25, 0.3) is 0 Å². The van der Waals surface area contributed by atoms with Crippen LogP contribution in [-0.4, -0.2) is 35.0 Å². The van der Waals surface area contributed by atoms with Gasteiger partial charge in [0, 0.05) is 18.7 Å². The number of amides is 1. The highest BCUT2D eigenvalue weighted by atomic mass is 16.4. The lowest BCUT2D eigenvalue weighted by atomic mass is 10.1. The van der Waals surface area contributed by atoms with E-state index < -0.39 is 12.3 Å². The van der Waals surface area contributed by atoms with E-state index >= 15 is 0 Å². The molecule has 1 atom stereocenters. The topological polar surface area (TPSA) is 89.9 Å². The van der Waals surface area contributed by atoms with Crippen molar-refractivity contribution in [1.29, 1.82) is 0 Å². The quantitative estimate of drug-likeness (QED) is 0.671. The minimum absolute atomic E-state index is 0.145. The third-order valence-electron chi connectivity index (χ3n) is 2.59. The van der Waals surface area contributed by atoms with Gasteiger partial charge in [0.1, 0.15) is 0 Å². The maximum absolute atomic E-state index is 11.0. The van der Waals surface area contributed by atoms with Crippen LogP contribution in [0.2, 0.25) is 0 Å². The summed E-state index contributed by atoms with van der Waals surface area (Å²) in [6.45, 7) is 0.357. The molecule has 6 heteroatoms. The summed E-state index contributed by atoms with van der Waals surface area (Å²) in [6, 6.07) is 6.22. The number of aliphatic hydroxyl groups is 1. The van der Waals surface area contributed by atoms with Gasteiger partial charge < -0.3 is 20.4 Å². The van der Waals surface area contributed by atoms with Crippen LogP contribution in [0, 0.1) is 0 Å². The van der Waals surface area contributed by atoms with Gasteiger partial charge in [-0.05, 0) is 18.2 Å². The second kappa shape index (κ2) is 4.42. The standard InChI is InChI=1S/C11H12N2O4/c14-9-4-5-13(11(17)12-9)8-3-1-2-7(6-8)10(15)16/h1-3,6,11,17H,4-5H2,(H,12,14)(H,15,16). The number of rotatable bonds is 2. The summed E-state index contributed by atoms with van der Waals surface area (Å²) in [4.78, 5) is 23.4. The number of aromatic carboxylic acids is 1. The molecule has 0 spiro atoms. The van der Waals surface area contributed by atoms with E-state index in [1.807, 2.05) is 0 Å². The molecule has 0 bridgehead atoms. The molecule has 1 unspecified atom stereocenters. The van der Waals surface area contributed by atoms with Crippen molar-refractivity contribution in [3.05, 3.63) is 29.8 Å². The fourth-order valence-electron chi connectivity index (χ4n) is 1.73. The molecule has 3 N–H and O–H groups in total. The van der Waals surface area contributed by atoms with Gasteiger partial charge in [0.05, 0.1) is 5.56 Å².